The van der Waals surface area contributed by atoms with Crippen molar-refractivity contribution in [3.8, 4) is 11.5 Å². The minimum absolute atomic E-state index is 0.257. The number of imidazole rings is 1. The van der Waals surface area contributed by atoms with Gasteiger partial charge < -0.3 is 14.5 Å². The van der Waals surface area contributed by atoms with Gasteiger partial charge in [0.2, 0.25) is 6.79 Å². The van der Waals surface area contributed by atoms with Crippen LogP contribution in [0.15, 0.2) is 36.0 Å². The fourth-order valence-electron chi connectivity index (χ4n) is 2.01. The number of fused-ring (bicyclic) bond motifs is 2. The molecule has 0 amide bonds. The van der Waals surface area contributed by atoms with Gasteiger partial charge in [-0.3, -0.25) is 5.43 Å². The highest BCUT2D eigenvalue weighted by Gasteiger charge is 2.12. The first-order chi connectivity index (χ1) is 10.4. The first-order valence-electron chi connectivity index (χ1n) is 6.23. The van der Waals surface area contributed by atoms with Crippen LogP contribution in [0.3, 0.4) is 0 Å². The van der Waals surface area contributed by atoms with Gasteiger partial charge in [0.25, 0.3) is 0 Å². The third-order valence-corrected chi connectivity index (χ3v) is 3.00. The quantitative estimate of drug-likeness (QED) is 0.558. The molecular weight excluding hydrogens is 272 g/mol. The van der Waals surface area contributed by atoms with Crippen molar-refractivity contribution in [1.29, 1.82) is 0 Å². The number of hydrazone groups is 1. The number of ether oxygens (including phenoxy) is 2. The number of nitrogens with zero attached hydrogens (tertiary/aromatic N) is 4. The molecule has 104 valence electrons. The summed E-state index contributed by atoms with van der Waals surface area (Å²) in [6.07, 6.45) is 4.67. The zero-order chi connectivity index (χ0) is 14.1. The summed E-state index contributed by atoms with van der Waals surface area (Å²) >= 11 is 0. The van der Waals surface area contributed by atoms with E-state index >= 15 is 0 Å². The summed E-state index contributed by atoms with van der Waals surface area (Å²) in [5.74, 6) is 2.03. The van der Waals surface area contributed by atoms with Crippen LogP contribution in [0.5, 0.6) is 11.5 Å². The lowest BCUT2D eigenvalue weighted by Gasteiger charge is -2.00. The summed E-state index contributed by atoms with van der Waals surface area (Å²) in [5.41, 5.74) is 5.05. The molecule has 2 N–H and O–H groups in total. The third kappa shape index (κ3) is 2.12. The molecule has 8 heteroatoms. The molecule has 4 rings (SSSR count). The molecule has 0 spiro atoms. The average molecular weight is 282 g/mol. The molecule has 0 fully saturated rings. The Balaban J connectivity index is 1.55. The van der Waals surface area contributed by atoms with Gasteiger partial charge in [-0.15, -0.1) is 0 Å². The van der Waals surface area contributed by atoms with E-state index in [0.29, 0.717) is 17.0 Å². The van der Waals surface area contributed by atoms with Crippen molar-refractivity contribution in [2.24, 2.45) is 5.10 Å². The number of H-pyrrole nitrogens is 1. The second-order valence-corrected chi connectivity index (χ2v) is 4.31. The van der Waals surface area contributed by atoms with Crippen molar-refractivity contribution in [2.45, 2.75) is 0 Å². The van der Waals surface area contributed by atoms with Crippen molar-refractivity contribution >= 4 is 23.2 Å². The highest BCUT2D eigenvalue weighted by atomic mass is 16.7. The zero-order valence-corrected chi connectivity index (χ0v) is 10.8. The molecule has 1 aromatic carbocycles. The van der Waals surface area contributed by atoms with E-state index in [2.05, 4.69) is 30.5 Å². The standard InChI is InChI=1S/C13H10N6O2/c1-2-9-10(21-7-20-9)3-8(1)4-18-19-13-11-12(15-5-14-11)16-6-17-13/h1-6H,7H2,(H2,14,15,16,17,19)/b18-4-. The fraction of sp³-hybridized carbons (Fsp3) is 0.0769. The molecule has 0 saturated carbocycles. The van der Waals surface area contributed by atoms with E-state index in [-0.39, 0.29) is 6.79 Å². The molecule has 0 atom stereocenters. The van der Waals surface area contributed by atoms with Gasteiger partial charge in [0.05, 0.1) is 12.5 Å². The topological polar surface area (TPSA) is 97.3 Å². The number of anilines is 1. The van der Waals surface area contributed by atoms with Gasteiger partial charge in [0.15, 0.2) is 23.0 Å². The fourth-order valence-corrected chi connectivity index (χ4v) is 2.01. The van der Waals surface area contributed by atoms with Crippen LogP contribution in [0.25, 0.3) is 11.2 Å². The van der Waals surface area contributed by atoms with E-state index in [1.54, 1.807) is 12.5 Å². The Bertz CT molecular complexity index is 828. The minimum Gasteiger partial charge on any atom is -0.454 e. The van der Waals surface area contributed by atoms with Gasteiger partial charge in [-0.1, -0.05) is 0 Å². The van der Waals surface area contributed by atoms with Crippen LogP contribution < -0.4 is 14.9 Å². The zero-order valence-electron chi connectivity index (χ0n) is 10.8. The number of hydrogen-bond donors (Lipinski definition) is 2. The maximum Gasteiger partial charge on any atom is 0.231 e. The monoisotopic (exact) mass is 282 g/mol. The summed E-state index contributed by atoms with van der Waals surface area (Å²) in [5, 5.41) is 4.16. The van der Waals surface area contributed by atoms with E-state index in [0.717, 1.165) is 17.1 Å². The number of rotatable bonds is 3. The van der Waals surface area contributed by atoms with Crippen LogP contribution in [0.4, 0.5) is 5.82 Å². The van der Waals surface area contributed by atoms with Crippen LogP contribution >= 0.6 is 0 Å². The first-order valence-corrected chi connectivity index (χ1v) is 6.23. The molecule has 3 heterocycles. The van der Waals surface area contributed by atoms with E-state index in [1.165, 1.54) is 6.33 Å². The molecule has 8 nitrogen and oxygen atoms in total. The molecule has 3 aromatic rings. The maximum atomic E-state index is 5.31. The van der Waals surface area contributed by atoms with Gasteiger partial charge >= 0.3 is 0 Å². The van der Waals surface area contributed by atoms with Crippen LogP contribution in [0.2, 0.25) is 0 Å². The van der Waals surface area contributed by atoms with Gasteiger partial charge in [0.1, 0.15) is 11.8 Å². The van der Waals surface area contributed by atoms with Gasteiger partial charge in [-0.25, -0.2) is 15.0 Å². The Morgan fingerprint density at radius 2 is 2.14 bits per heavy atom. The normalized spacial score (nSPS) is 13.1. The predicted molar refractivity (Wildman–Crippen MR) is 75.5 cm³/mol. The molecule has 0 radical (unpaired) electrons. The maximum absolute atomic E-state index is 5.31. The smallest absolute Gasteiger partial charge is 0.231 e. The molecule has 2 aromatic heterocycles. The highest BCUT2D eigenvalue weighted by Crippen LogP contribution is 2.31. The van der Waals surface area contributed by atoms with Crippen LogP contribution in [-0.4, -0.2) is 32.9 Å². The first kappa shape index (κ1) is 11.6. The number of nitrogens with one attached hydrogen (secondary N) is 2. The Labute approximate surface area is 118 Å². The van der Waals surface area contributed by atoms with Gasteiger partial charge in [0, 0.05) is 0 Å². The van der Waals surface area contributed by atoms with E-state index in [4.69, 9.17) is 9.47 Å². The molecule has 0 saturated heterocycles. The SMILES string of the molecule is C(=N/Nc1ncnc2nc[nH]c12)/c1ccc2c(c1)OCO2. The van der Waals surface area contributed by atoms with Gasteiger partial charge in [-0.2, -0.15) is 5.10 Å². The lowest BCUT2D eigenvalue weighted by atomic mass is 10.2. The Morgan fingerprint density at radius 3 is 3.14 bits per heavy atom. The number of benzene rings is 1. The molecule has 1 aliphatic heterocycles. The Kier molecular flexibility index (Phi) is 2.63. The van der Waals surface area contributed by atoms with Crippen molar-refractivity contribution < 1.29 is 9.47 Å². The van der Waals surface area contributed by atoms with Crippen LogP contribution in [0, 0.1) is 0 Å². The molecule has 21 heavy (non-hydrogen) atoms. The second-order valence-electron chi connectivity index (χ2n) is 4.31. The Hall–Kier alpha value is -3.16. The molecule has 0 aliphatic carbocycles. The number of aromatic nitrogens is 4. The molecule has 0 unspecified atom stereocenters. The number of hydrogen-bond acceptors (Lipinski definition) is 7. The summed E-state index contributed by atoms with van der Waals surface area (Å²) < 4.78 is 10.6. The minimum atomic E-state index is 0.257. The molecule has 0 bridgehead atoms. The van der Waals surface area contributed by atoms with Gasteiger partial charge in [-0.05, 0) is 23.8 Å². The third-order valence-electron chi connectivity index (χ3n) is 3.00. The highest BCUT2D eigenvalue weighted by molar-refractivity contribution is 5.84. The van der Waals surface area contributed by atoms with Crippen molar-refractivity contribution in [3.63, 3.8) is 0 Å². The van der Waals surface area contributed by atoms with E-state index in [9.17, 15) is 0 Å². The molecular formula is C13H10N6O2. The lowest BCUT2D eigenvalue weighted by molar-refractivity contribution is 0.174. The summed E-state index contributed by atoms with van der Waals surface area (Å²) in [6, 6.07) is 5.60. The van der Waals surface area contributed by atoms with E-state index < -0.39 is 0 Å². The number of aromatic amines is 1. The second kappa shape index (κ2) is 4.75. The largest absolute Gasteiger partial charge is 0.454 e. The molecule has 1 aliphatic rings. The summed E-state index contributed by atoms with van der Waals surface area (Å²) in [6.45, 7) is 0.257. The predicted octanol–water partition coefficient (Wildman–Crippen LogP) is 1.53. The van der Waals surface area contributed by atoms with Crippen LogP contribution in [0.1, 0.15) is 5.56 Å². The summed E-state index contributed by atoms with van der Waals surface area (Å²) in [4.78, 5) is 15.2. The Morgan fingerprint density at radius 1 is 1.19 bits per heavy atom. The van der Waals surface area contributed by atoms with E-state index in [1.807, 2.05) is 18.2 Å². The lowest BCUT2D eigenvalue weighted by Crippen LogP contribution is -1.95. The van der Waals surface area contributed by atoms with Crippen molar-refractivity contribution in [2.75, 3.05) is 12.2 Å². The summed E-state index contributed by atoms with van der Waals surface area (Å²) in [7, 11) is 0. The van der Waals surface area contributed by atoms with Crippen LogP contribution in [-0.2, 0) is 0 Å². The van der Waals surface area contributed by atoms with Crippen molar-refractivity contribution in [1.82, 2.24) is 19.9 Å². The average Bonchev–Trinajstić information content (AvgIpc) is 3.15. The van der Waals surface area contributed by atoms with Crippen molar-refractivity contribution in [3.05, 3.63) is 36.4 Å².